The summed E-state index contributed by atoms with van der Waals surface area (Å²) in [5.41, 5.74) is 10.6. The molecule has 2 aromatic rings. The number of carbonyl (C=O) groups excluding carboxylic acids is 2. The molecule has 1 heterocycles. The van der Waals surface area contributed by atoms with Crippen molar-refractivity contribution in [1.82, 2.24) is 5.32 Å². The molecule has 0 aromatic heterocycles. The largest absolute Gasteiger partial charge is 0.326 e. The van der Waals surface area contributed by atoms with E-state index < -0.39 is 0 Å². The standard InChI is InChI=1S/C29H36N4O2/c30-19-20-3-7-25(8-4-20)33-28(35)29-14-1-2-23(18-29)26(11-15-29)27(34)32-24-9-5-21(6-10-24)22-12-16-31-17-13-22/h3-10,12,23,26,31H,1-2,11,13-19,30H2,(H,32,34)(H,33,35). The molecule has 2 bridgehead atoms. The Labute approximate surface area is 207 Å². The van der Waals surface area contributed by atoms with Crippen LogP contribution in [0.25, 0.3) is 5.57 Å². The Morgan fingerprint density at radius 1 is 0.971 bits per heavy atom. The van der Waals surface area contributed by atoms with Crippen molar-refractivity contribution in [3.63, 3.8) is 0 Å². The first-order valence-corrected chi connectivity index (χ1v) is 13.0. The van der Waals surface area contributed by atoms with Crippen molar-refractivity contribution in [3.8, 4) is 0 Å². The second kappa shape index (κ2) is 10.3. The maximum Gasteiger partial charge on any atom is 0.230 e. The van der Waals surface area contributed by atoms with Crippen LogP contribution in [0, 0.1) is 17.3 Å². The molecule has 2 aliphatic carbocycles. The SMILES string of the molecule is NCc1ccc(NC(=O)C23CCCC(C2)C(C(=O)Nc2ccc(C4=CCNCC4)cc2)CC3)cc1. The monoisotopic (exact) mass is 472 g/mol. The molecule has 5 rings (SSSR count). The van der Waals surface area contributed by atoms with Gasteiger partial charge in [-0.2, -0.15) is 0 Å². The molecule has 2 amide bonds. The van der Waals surface area contributed by atoms with Gasteiger partial charge in [-0.05, 0) is 92.0 Å². The highest BCUT2D eigenvalue weighted by Gasteiger charge is 2.49. The average molecular weight is 473 g/mol. The predicted octanol–water partition coefficient (Wildman–Crippen LogP) is 4.69. The van der Waals surface area contributed by atoms with Crippen molar-refractivity contribution >= 4 is 28.8 Å². The van der Waals surface area contributed by atoms with Crippen LogP contribution in [0.4, 0.5) is 11.4 Å². The average Bonchev–Trinajstić information content (AvgIpc) is 2.90. The van der Waals surface area contributed by atoms with Gasteiger partial charge < -0.3 is 21.7 Å². The molecule has 3 atom stereocenters. The summed E-state index contributed by atoms with van der Waals surface area (Å²) in [5.74, 6) is 0.412. The number of benzene rings is 2. The minimum atomic E-state index is -0.365. The molecule has 1 aliphatic heterocycles. The van der Waals surface area contributed by atoms with E-state index in [4.69, 9.17) is 5.73 Å². The first-order valence-electron chi connectivity index (χ1n) is 13.0. The Balaban J connectivity index is 1.21. The van der Waals surface area contributed by atoms with Crippen molar-refractivity contribution in [1.29, 1.82) is 0 Å². The molecule has 184 valence electrons. The minimum absolute atomic E-state index is 0.0353. The van der Waals surface area contributed by atoms with Crippen molar-refractivity contribution in [2.24, 2.45) is 23.0 Å². The zero-order valence-corrected chi connectivity index (χ0v) is 20.3. The number of amides is 2. The lowest BCUT2D eigenvalue weighted by Gasteiger charge is -2.47. The van der Waals surface area contributed by atoms with Gasteiger partial charge in [0.25, 0.3) is 0 Å². The molecule has 0 spiro atoms. The van der Waals surface area contributed by atoms with Gasteiger partial charge in [0.15, 0.2) is 0 Å². The number of anilines is 2. The molecule has 6 nitrogen and oxygen atoms in total. The third-order valence-electron chi connectivity index (χ3n) is 8.24. The first kappa shape index (κ1) is 23.8. The lowest BCUT2D eigenvalue weighted by molar-refractivity contribution is -0.136. The number of rotatable bonds is 6. The number of carbonyl (C=O) groups is 2. The molecular weight excluding hydrogens is 436 g/mol. The summed E-state index contributed by atoms with van der Waals surface area (Å²) in [6.45, 7) is 2.41. The quantitative estimate of drug-likeness (QED) is 0.491. The molecular formula is C29H36N4O2. The number of hydrogen-bond acceptors (Lipinski definition) is 4. The predicted molar refractivity (Wildman–Crippen MR) is 141 cm³/mol. The number of hydrogen-bond donors (Lipinski definition) is 4. The Morgan fingerprint density at radius 2 is 1.71 bits per heavy atom. The minimum Gasteiger partial charge on any atom is -0.326 e. The normalized spacial score (nSPS) is 25.9. The van der Waals surface area contributed by atoms with Gasteiger partial charge in [-0.3, -0.25) is 9.59 Å². The van der Waals surface area contributed by atoms with Crippen molar-refractivity contribution in [3.05, 3.63) is 65.7 Å². The summed E-state index contributed by atoms with van der Waals surface area (Å²) in [6, 6.07) is 16.0. The van der Waals surface area contributed by atoms with Crippen LogP contribution in [0.3, 0.4) is 0 Å². The van der Waals surface area contributed by atoms with Crippen molar-refractivity contribution in [2.75, 3.05) is 23.7 Å². The smallest absolute Gasteiger partial charge is 0.230 e. The second-order valence-electron chi connectivity index (χ2n) is 10.4. The maximum atomic E-state index is 13.3. The summed E-state index contributed by atoms with van der Waals surface area (Å²) in [5, 5.41) is 9.63. The zero-order valence-electron chi connectivity index (χ0n) is 20.3. The van der Waals surface area contributed by atoms with Crippen LogP contribution in [-0.4, -0.2) is 24.9 Å². The highest BCUT2D eigenvalue weighted by molar-refractivity contribution is 5.97. The number of nitrogens with two attached hydrogens (primary N) is 1. The Kier molecular flexibility index (Phi) is 7.02. The molecule has 6 heteroatoms. The van der Waals surface area contributed by atoms with E-state index in [1.165, 1.54) is 11.1 Å². The zero-order chi connectivity index (χ0) is 24.3. The fraction of sp³-hybridized carbons (Fsp3) is 0.448. The van der Waals surface area contributed by atoms with Crippen LogP contribution in [0.5, 0.6) is 0 Å². The first-order chi connectivity index (χ1) is 17.1. The Bertz CT molecular complexity index is 1090. The summed E-state index contributed by atoms with van der Waals surface area (Å²) in [4.78, 5) is 26.6. The van der Waals surface area contributed by atoms with Crippen LogP contribution >= 0.6 is 0 Å². The second-order valence-corrected chi connectivity index (χ2v) is 10.4. The van der Waals surface area contributed by atoms with E-state index in [0.717, 1.165) is 75.0 Å². The molecule has 3 aliphatic rings. The van der Waals surface area contributed by atoms with Gasteiger partial charge in [0, 0.05) is 35.8 Å². The number of fused-ring (bicyclic) bond motifs is 2. The molecule has 2 aromatic carbocycles. The van der Waals surface area contributed by atoms with E-state index in [2.05, 4.69) is 34.2 Å². The van der Waals surface area contributed by atoms with Crippen LogP contribution < -0.4 is 21.7 Å². The van der Waals surface area contributed by atoms with Crippen LogP contribution in [0.2, 0.25) is 0 Å². The third-order valence-corrected chi connectivity index (χ3v) is 8.24. The van der Waals surface area contributed by atoms with E-state index in [0.29, 0.717) is 6.54 Å². The van der Waals surface area contributed by atoms with E-state index in [1.807, 2.05) is 36.4 Å². The Hall–Kier alpha value is -2.96. The number of nitrogens with one attached hydrogen (secondary N) is 3. The molecule has 0 radical (unpaired) electrons. The molecule has 35 heavy (non-hydrogen) atoms. The van der Waals surface area contributed by atoms with Gasteiger partial charge in [-0.25, -0.2) is 0 Å². The van der Waals surface area contributed by atoms with E-state index in [-0.39, 0.29) is 29.1 Å². The van der Waals surface area contributed by atoms with Gasteiger partial charge in [0.05, 0.1) is 0 Å². The van der Waals surface area contributed by atoms with Crippen LogP contribution in [0.1, 0.15) is 56.1 Å². The Morgan fingerprint density at radius 3 is 2.43 bits per heavy atom. The van der Waals surface area contributed by atoms with Gasteiger partial charge in [-0.1, -0.05) is 36.8 Å². The summed E-state index contributed by atoms with van der Waals surface area (Å²) in [6.07, 6.45) is 8.48. The summed E-state index contributed by atoms with van der Waals surface area (Å²) < 4.78 is 0. The lowest BCUT2D eigenvalue weighted by atomic mass is 9.58. The molecule has 3 unspecified atom stereocenters. The van der Waals surface area contributed by atoms with Gasteiger partial charge >= 0.3 is 0 Å². The summed E-state index contributed by atoms with van der Waals surface area (Å²) in [7, 11) is 0. The molecule has 0 saturated heterocycles. The van der Waals surface area contributed by atoms with Crippen LogP contribution in [-0.2, 0) is 16.1 Å². The molecule has 5 N–H and O–H groups in total. The maximum absolute atomic E-state index is 13.3. The van der Waals surface area contributed by atoms with Crippen LogP contribution in [0.15, 0.2) is 54.6 Å². The van der Waals surface area contributed by atoms with E-state index in [1.54, 1.807) is 0 Å². The highest BCUT2D eigenvalue weighted by Crippen LogP contribution is 2.52. The van der Waals surface area contributed by atoms with Gasteiger partial charge in [-0.15, -0.1) is 0 Å². The van der Waals surface area contributed by atoms with E-state index in [9.17, 15) is 9.59 Å². The van der Waals surface area contributed by atoms with Crippen molar-refractivity contribution < 1.29 is 9.59 Å². The fourth-order valence-electron chi connectivity index (χ4n) is 6.19. The topological polar surface area (TPSA) is 96.2 Å². The fourth-order valence-corrected chi connectivity index (χ4v) is 6.19. The molecule has 2 fully saturated rings. The summed E-state index contributed by atoms with van der Waals surface area (Å²) >= 11 is 0. The lowest BCUT2D eigenvalue weighted by Crippen LogP contribution is -2.47. The van der Waals surface area contributed by atoms with Crippen molar-refractivity contribution in [2.45, 2.75) is 51.5 Å². The van der Waals surface area contributed by atoms with Gasteiger partial charge in [0.1, 0.15) is 0 Å². The van der Waals surface area contributed by atoms with Gasteiger partial charge in [0.2, 0.25) is 11.8 Å². The highest BCUT2D eigenvalue weighted by atomic mass is 16.2. The third kappa shape index (κ3) is 5.19. The van der Waals surface area contributed by atoms with E-state index >= 15 is 0 Å². The molecule has 2 saturated carbocycles.